The second-order valence-electron chi connectivity index (χ2n) is 4.28. The predicted octanol–water partition coefficient (Wildman–Crippen LogP) is 1.45. The van der Waals surface area contributed by atoms with Crippen LogP contribution in [0.4, 0.5) is 0 Å². The molecular formula is C14H19ClN2O3. The summed E-state index contributed by atoms with van der Waals surface area (Å²) in [6, 6.07) is 7.26. The van der Waals surface area contributed by atoms with Crippen LogP contribution in [0, 0.1) is 0 Å². The molecule has 20 heavy (non-hydrogen) atoms. The van der Waals surface area contributed by atoms with Gasteiger partial charge in [0.05, 0.1) is 20.2 Å². The summed E-state index contributed by atoms with van der Waals surface area (Å²) in [7, 11) is 1.33. The van der Waals surface area contributed by atoms with Gasteiger partial charge in [-0.1, -0.05) is 30.7 Å². The molecule has 0 aliphatic rings. The van der Waals surface area contributed by atoms with Gasteiger partial charge >= 0.3 is 5.97 Å². The number of nitrogens with zero attached hydrogens (tertiary/aromatic N) is 1. The van der Waals surface area contributed by atoms with Gasteiger partial charge in [0.25, 0.3) is 0 Å². The Bertz CT molecular complexity index is 448. The van der Waals surface area contributed by atoms with E-state index in [-0.39, 0.29) is 25.0 Å². The number of benzene rings is 1. The highest BCUT2D eigenvalue weighted by Gasteiger charge is 2.12. The van der Waals surface area contributed by atoms with E-state index in [1.54, 1.807) is 17.0 Å². The third-order valence-corrected chi connectivity index (χ3v) is 3.05. The lowest BCUT2D eigenvalue weighted by Gasteiger charge is -2.18. The maximum absolute atomic E-state index is 11.8. The second kappa shape index (κ2) is 8.55. The van der Waals surface area contributed by atoms with Crippen molar-refractivity contribution in [2.24, 2.45) is 0 Å². The fraction of sp³-hybridized carbons (Fsp3) is 0.429. The quantitative estimate of drug-likeness (QED) is 0.774. The Morgan fingerprint density at radius 2 is 1.90 bits per heavy atom. The summed E-state index contributed by atoms with van der Waals surface area (Å²) in [5.41, 5.74) is 0.971. The Kier molecular flexibility index (Phi) is 7.04. The van der Waals surface area contributed by atoms with E-state index in [0.717, 1.165) is 5.56 Å². The normalized spacial score (nSPS) is 10.4. The Morgan fingerprint density at radius 3 is 2.45 bits per heavy atom. The maximum atomic E-state index is 11.8. The van der Waals surface area contributed by atoms with Crippen molar-refractivity contribution in [2.75, 3.05) is 26.7 Å². The summed E-state index contributed by atoms with van der Waals surface area (Å²) < 4.78 is 4.58. The lowest BCUT2D eigenvalue weighted by Crippen LogP contribution is -2.39. The Balaban J connectivity index is 2.38. The topological polar surface area (TPSA) is 58.6 Å². The lowest BCUT2D eigenvalue weighted by molar-refractivity contribution is -0.142. The van der Waals surface area contributed by atoms with E-state index in [4.69, 9.17) is 11.6 Å². The van der Waals surface area contributed by atoms with Crippen molar-refractivity contribution in [1.82, 2.24) is 10.2 Å². The minimum atomic E-state index is -0.350. The van der Waals surface area contributed by atoms with Crippen LogP contribution >= 0.6 is 11.6 Å². The number of halogens is 1. The van der Waals surface area contributed by atoms with Crippen LogP contribution in [0.3, 0.4) is 0 Å². The van der Waals surface area contributed by atoms with Crippen LogP contribution in [0.25, 0.3) is 0 Å². The number of carbonyl (C=O) groups is 2. The van der Waals surface area contributed by atoms with E-state index in [1.807, 2.05) is 19.1 Å². The van der Waals surface area contributed by atoms with E-state index >= 15 is 0 Å². The Hall–Kier alpha value is -1.59. The summed E-state index contributed by atoms with van der Waals surface area (Å²) >= 11 is 5.79. The van der Waals surface area contributed by atoms with Crippen molar-refractivity contribution in [3.63, 3.8) is 0 Å². The van der Waals surface area contributed by atoms with Crippen molar-refractivity contribution < 1.29 is 14.3 Å². The van der Waals surface area contributed by atoms with Crippen molar-refractivity contribution in [1.29, 1.82) is 0 Å². The van der Waals surface area contributed by atoms with Crippen molar-refractivity contribution in [2.45, 2.75) is 13.5 Å². The highest BCUT2D eigenvalue weighted by molar-refractivity contribution is 6.30. The number of hydrogen-bond acceptors (Lipinski definition) is 4. The summed E-state index contributed by atoms with van der Waals surface area (Å²) in [5, 5.41) is 3.46. The fourth-order valence-electron chi connectivity index (χ4n) is 1.59. The number of esters is 1. The Labute approximate surface area is 123 Å². The van der Waals surface area contributed by atoms with Gasteiger partial charge in [-0.25, -0.2) is 0 Å². The van der Waals surface area contributed by atoms with Crippen LogP contribution in [-0.2, 0) is 20.9 Å². The molecule has 5 nitrogen and oxygen atoms in total. The van der Waals surface area contributed by atoms with Crippen molar-refractivity contribution in [3.8, 4) is 0 Å². The van der Waals surface area contributed by atoms with Gasteiger partial charge in [-0.05, 0) is 24.2 Å². The average Bonchev–Trinajstić information content (AvgIpc) is 2.45. The molecule has 0 saturated carbocycles. The first-order valence-corrected chi connectivity index (χ1v) is 6.73. The van der Waals surface area contributed by atoms with Gasteiger partial charge in [0, 0.05) is 11.6 Å². The van der Waals surface area contributed by atoms with Gasteiger partial charge in [-0.15, -0.1) is 0 Å². The van der Waals surface area contributed by atoms with Crippen LogP contribution in [0.5, 0.6) is 0 Å². The van der Waals surface area contributed by atoms with Crippen molar-refractivity contribution >= 4 is 23.5 Å². The highest BCUT2D eigenvalue weighted by Crippen LogP contribution is 2.09. The van der Waals surface area contributed by atoms with E-state index in [1.165, 1.54) is 7.11 Å². The number of likely N-dealkylation sites (N-methyl/N-ethyl adjacent to an activating group) is 1. The van der Waals surface area contributed by atoms with Crippen LogP contribution < -0.4 is 5.32 Å². The van der Waals surface area contributed by atoms with Gasteiger partial charge in [0.15, 0.2) is 0 Å². The molecule has 110 valence electrons. The van der Waals surface area contributed by atoms with Crippen LogP contribution in [0.15, 0.2) is 24.3 Å². The van der Waals surface area contributed by atoms with E-state index < -0.39 is 0 Å². The molecule has 0 aromatic heterocycles. The number of ether oxygens (including phenoxy) is 1. The third kappa shape index (κ3) is 6.04. The molecule has 1 rings (SSSR count). The molecule has 0 radical (unpaired) electrons. The Morgan fingerprint density at radius 1 is 1.25 bits per heavy atom. The molecule has 0 aliphatic heterocycles. The maximum Gasteiger partial charge on any atom is 0.319 e. The molecule has 0 saturated heterocycles. The summed E-state index contributed by atoms with van der Waals surface area (Å²) in [6.07, 6.45) is 0. The molecule has 1 aromatic rings. The molecule has 0 spiro atoms. The standard InChI is InChI=1S/C14H19ClN2O3/c1-3-17(10-14(19)20-2)9-13(18)16-8-11-4-6-12(15)7-5-11/h4-7H,3,8-10H2,1-2H3,(H,16,18). The monoisotopic (exact) mass is 298 g/mol. The number of rotatable bonds is 7. The SMILES string of the molecule is CCN(CC(=O)NCc1ccc(Cl)cc1)CC(=O)OC. The zero-order valence-electron chi connectivity index (χ0n) is 11.7. The van der Waals surface area contributed by atoms with Gasteiger partial charge in [0.1, 0.15) is 0 Å². The number of amides is 1. The zero-order valence-corrected chi connectivity index (χ0v) is 12.4. The van der Waals surface area contributed by atoms with Gasteiger partial charge in [-0.2, -0.15) is 0 Å². The highest BCUT2D eigenvalue weighted by atomic mass is 35.5. The average molecular weight is 299 g/mol. The van der Waals surface area contributed by atoms with Crippen LogP contribution in [0.2, 0.25) is 5.02 Å². The minimum absolute atomic E-state index is 0.112. The van der Waals surface area contributed by atoms with E-state index in [2.05, 4.69) is 10.1 Å². The van der Waals surface area contributed by atoms with Gasteiger partial charge in [0.2, 0.25) is 5.91 Å². The second-order valence-corrected chi connectivity index (χ2v) is 4.72. The number of hydrogen-bond donors (Lipinski definition) is 1. The predicted molar refractivity (Wildman–Crippen MR) is 77.4 cm³/mol. The summed E-state index contributed by atoms with van der Waals surface area (Å²) in [6.45, 7) is 3.20. The molecule has 1 amide bonds. The first kappa shape index (κ1) is 16.5. The first-order valence-electron chi connectivity index (χ1n) is 6.35. The number of carbonyl (C=O) groups excluding carboxylic acids is 2. The number of nitrogens with one attached hydrogen (secondary N) is 1. The molecule has 0 heterocycles. The first-order chi connectivity index (χ1) is 9.55. The molecule has 1 aromatic carbocycles. The van der Waals surface area contributed by atoms with E-state index in [9.17, 15) is 9.59 Å². The smallest absolute Gasteiger partial charge is 0.319 e. The van der Waals surface area contributed by atoms with Gasteiger partial charge < -0.3 is 10.1 Å². The molecule has 0 atom stereocenters. The van der Waals surface area contributed by atoms with Crippen LogP contribution in [0.1, 0.15) is 12.5 Å². The minimum Gasteiger partial charge on any atom is -0.468 e. The van der Waals surface area contributed by atoms with Crippen molar-refractivity contribution in [3.05, 3.63) is 34.9 Å². The lowest BCUT2D eigenvalue weighted by atomic mass is 10.2. The summed E-state index contributed by atoms with van der Waals surface area (Å²) in [4.78, 5) is 24.7. The number of methoxy groups -OCH3 is 1. The molecule has 1 N–H and O–H groups in total. The zero-order chi connectivity index (χ0) is 15.0. The molecule has 6 heteroatoms. The molecule has 0 bridgehead atoms. The largest absolute Gasteiger partial charge is 0.468 e. The molecule has 0 aliphatic carbocycles. The van der Waals surface area contributed by atoms with Gasteiger partial charge in [-0.3, -0.25) is 14.5 Å². The molecular weight excluding hydrogens is 280 g/mol. The molecule has 0 fully saturated rings. The fourth-order valence-corrected chi connectivity index (χ4v) is 1.71. The molecule has 0 unspecified atom stereocenters. The van der Waals surface area contributed by atoms with Crippen LogP contribution in [-0.4, -0.2) is 43.5 Å². The van der Waals surface area contributed by atoms with E-state index in [0.29, 0.717) is 18.1 Å². The summed E-state index contributed by atoms with van der Waals surface area (Å²) in [5.74, 6) is -0.483. The third-order valence-electron chi connectivity index (χ3n) is 2.80.